The lowest BCUT2D eigenvalue weighted by molar-refractivity contribution is 0.0464. The maximum absolute atomic E-state index is 11.8. The average Bonchev–Trinajstić information content (AvgIpc) is 2.80. The molecule has 0 unspecified atom stereocenters. The van der Waals surface area contributed by atoms with Crippen LogP contribution >= 0.6 is 0 Å². The van der Waals surface area contributed by atoms with Gasteiger partial charge >= 0.3 is 23.9 Å². The van der Waals surface area contributed by atoms with Crippen molar-refractivity contribution in [3.8, 4) is 0 Å². The van der Waals surface area contributed by atoms with Crippen LogP contribution in [0.2, 0.25) is 0 Å². The van der Waals surface area contributed by atoms with Crippen molar-refractivity contribution in [3.63, 3.8) is 0 Å². The molecule has 32 heavy (non-hydrogen) atoms. The van der Waals surface area contributed by atoms with Crippen LogP contribution in [-0.4, -0.2) is 48.8 Å². The summed E-state index contributed by atoms with van der Waals surface area (Å²) < 4.78 is 14.7. The van der Waals surface area contributed by atoms with Gasteiger partial charge in [-0.1, -0.05) is 37.6 Å². The first-order chi connectivity index (χ1) is 15.4. The Kier molecular flexibility index (Phi) is 11.8. The Balaban J connectivity index is 0.000000330. The molecule has 0 radical (unpaired) electrons. The van der Waals surface area contributed by atoms with Gasteiger partial charge in [0, 0.05) is 0 Å². The molecule has 0 amide bonds. The number of carboxylic acids is 1. The van der Waals surface area contributed by atoms with Crippen molar-refractivity contribution in [2.24, 2.45) is 0 Å². The first-order valence-corrected chi connectivity index (χ1v) is 10.3. The Bertz CT molecular complexity index is 920. The molecule has 0 aliphatic rings. The lowest BCUT2D eigenvalue weighted by Crippen LogP contribution is -2.14. The molecule has 0 aliphatic carbocycles. The smallest absolute Gasteiger partial charge is 0.339 e. The van der Waals surface area contributed by atoms with E-state index >= 15 is 0 Å². The van der Waals surface area contributed by atoms with E-state index in [2.05, 4.69) is 0 Å². The summed E-state index contributed by atoms with van der Waals surface area (Å²) >= 11 is 0. The Morgan fingerprint density at radius 3 is 1.41 bits per heavy atom. The second-order valence-electron chi connectivity index (χ2n) is 6.33. The molecule has 0 aliphatic heterocycles. The number of carbonyl (C=O) groups is 4. The summed E-state index contributed by atoms with van der Waals surface area (Å²) in [5.41, 5.74) is 0.556. The zero-order valence-electron chi connectivity index (χ0n) is 18.5. The number of benzene rings is 2. The molecule has 0 heterocycles. The molecule has 2 aromatic rings. The van der Waals surface area contributed by atoms with E-state index in [9.17, 15) is 19.2 Å². The molecule has 2 rings (SSSR count). The fourth-order valence-corrected chi connectivity index (χ4v) is 2.49. The number of hydrogen-bond acceptors (Lipinski definition) is 7. The van der Waals surface area contributed by atoms with Crippen molar-refractivity contribution >= 4 is 23.9 Å². The van der Waals surface area contributed by atoms with Crippen molar-refractivity contribution in [2.45, 2.75) is 33.6 Å². The monoisotopic (exact) mass is 444 g/mol. The largest absolute Gasteiger partial charge is 0.478 e. The summed E-state index contributed by atoms with van der Waals surface area (Å²) in [6.07, 6.45) is 1.76. The number of hydrogen-bond donors (Lipinski definition) is 1. The van der Waals surface area contributed by atoms with E-state index in [1.807, 2.05) is 6.92 Å². The molecule has 172 valence electrons. The third kappa shape index (κ3) is 8.22. The molecular weight excluding hydrogens is 416 g/mol. The first kappa shape index (κ1) is 26.4. The van der Waals surface area contributed by atoms with Gasteiger partial charge in [0.15, 0.2) is 0 Å². The van der Waals surface area contributed by atoms with Gasteiger partial charge in [-0.15, -0.1) is 0 Å². The van der Waals surface area contributed by atoms with Crippen molar-refractivity contribution in [3.05, 3.63) is 70.8 Å². The maximum Gasteiger partial charge on any atom is 0.339 e. The van der Waals surface area contributed by atoms with Crippen LogP contribution in [0, 0.1) is 0 Å². The predicted molar refractivity (Wildman–Crippen MR) is 117 cm³/mol. The summed E-state index contributed by atoms with van der Waals surface area (Å²) in [6, 6.07) is 12.5. The minimum absolute atomic E-state index is 0.0362. The highest BCUT2D eigenvalue weighted by atomic mass is 16.5. The van der Waals surface area contributed by atoms with Gasteiger partial charge in [0.05, 0.1) is 42.1 Å². The van der Waals surface area contributed by atoms with Crippen molar-refractivity contribution in [1.29, 1.82) is 0 Å². The second kappa shape index (κ2) is 14.3. The number of aromatic carboxylic acids is 1. The lowest BCUT2D eigenvalue weighted by Gasteiger charge is -2.08. The van der Waals surface area contributed by atoms with Crippen LogP contribution < -0.4 is 0 Å². The van der Waals surface area contributed by atoms with Gasteiger partial charge in [0.25, 0.3) is 0 Å². The minimum Gasteiger partial charge on any atom is -0.478 e. The number of carboxylic acid groups (broad SMARTS) is 1. The number of unbranched alkanes of at least 4 members (excludes halogenated alkanes) is 1. The highest BCUT2D eigenvalue weighted by Gasteiger charge is 2.18. The van der Waals surface area contributed by atoms with Crippen LogP contribution in [0.1, 0.15) is 75.0 Å². The third-order valence-corrected chi connectivity index (χ3v) is 4.03. The zero-order valence-corrected chi connectivity index (χ0v) is 18.5. The molecule has 1 N–H and O–H groups in total. The first-order valence-electron chi connectivity index (χ1n) is 10.3. The van der Waals surface area contributed by atoms with Gasteiger partial charge in [0.2, 0.25) is 0 Å². The van der Waals surface area contributed by atoms with Crippen molar-refractivity contribution in [2.75, 3.05) is 19.8 Å². The highest BCUT2D eigenvalue weighted by molar-refractivity contribution is 6.03. The van der Waals surface area contributed by atoms with E-state index < -0.39 is 23.9 Å². The average molecular weight is 444 g/mol. The molecule has 0 spiro atoms. The summed E-state index contributed by atoms with van der Waals surface area (Å²) in [5, 5.41) is 8.77. The fraction of sp³-hybridized carbons (Fsp3) is 0.333. The van der Waals surface area contributed by atoms with Crippen LogP contribution in [0.15, 0.2) is 48.5 Å². The van der Waals surface area contributed by atoms with Crippen molar-refractivity contribution < 1.29 is 38.5 Å². The van der Waals surface area contributed by atoms with Crippen LogP contribution in [0.5, 0.6) is 0 Å². The number of carbonyl (C=O) groups excluding carboxylic acids is 3. The maximum atomic E-state index is 11.8. The molecule has 8 heteroatoms. The molecule has 0 atom stereocenters. The Morgan fingerprint density at radius 1 is 0.656 bits per heavy atom. The quantitative estimate of drug-likeness (QED) is 0.344. The summed E-state index contributed by atoms with van der Waals surface area (Å²) in [7, 11) is 0. The van der Waals surface area contributed by atoms with Gasteiger partial charge in [0.1, 0.15) is 0 Å². The van der Waals surface area contributed by atoms with E-state index in [4.69, 9.17) is 19.3 Å². The molecular formula is C24H28O8. The van der Waals surface area contributed by atoms with Gasteiger partial charge < -0.3 is 19.3 Å². The van der Waals surface area contributed by atoms with Crippen molar-refractivity contribution in [1.82, 2.24) is 0 Å². The molecule has 0 saturated heterocycles. The van der Waals surface area contributed by atoms with E-state index in [-0.39, 0.29) is 35.5 Å². The van der Waals surface area contributed by atoms with Crippen LogP contribution in [0.25, 0.3) is 0 Å². The van der Waals surface area contributed by atoms with E-state index in [0.717, 1.165) is 12.8 Å². The summed E-state index contributed by atoms with van der Waals surface area (Å²) in [4.78, 5) is 45.5. The molecule has 8 nitrogen and oxygen atoms in total. The molecule has 0 bridgehead atoms. The van der Waals surface area contributed by atoms with Crippen LogP contribution in [0.3, 0.4) is 0 Å². The standard InChI is InChI=1S/C14H18O4.C10H10O4/c1-3-5-10-18-14(16)12-9-7-6-8-11(12)13(15)17-4-2;1-2-14-10(13)8-6-4-3-5-7(8)9(11)12/h6-9H,3-5,10H2,1-2H3;3-6H,2H2,1H3,(H,11,12). The van der Waals surface area contributed by atoms with Crippen LogP contribution in [0.4, 0.5) is 0 Å². The van der Waals surface area contributed by atoms with E-state index in [0.29, 0.717) is 6.61 Å². The van der Waals surface area contributed by atoms with Gasteiger partial charge in [-0.05, 0) is 44.5 Å². The van der Waals surface area contributed by atoms with Gasteiger partial charge in [-0.2, -0.15) is 0 Å². The van der Waals surface area contributed by atoms with Gasteiger partial charge in [-0.25, -0.2) is 19.2 Å². The molecule has 0 aromatic heterocycles. The number of rotatable bonds is 9. The number of esters is 3. The molecule has 0 fully saturated rings. The second-order valence-corrected chi connectivity index (χ2v) is 6.33. The predicted octanol–water partition coefficient (Wildman–Crippen LogP) is 4.38. The number of ether oxygens (including phenoxy) is 3. The molecule has 0 saturated carbocycles. The van der Waals surface area contributed by atoms with Gasteiger partial charge in [-0.3, -0.25) is 0 Å². The summed E-state index contributed by atoms with van der Waals surface area (Å²) in [6.45, 7) is 6.28. The Labute approximate surface area is 187 Å². The third-order valence-electron chi connectivity index (χ3n) is 4.03. The van der Waals surface area contributed by atoms with E-state index in [1.165, 1.54) is 12.1 Å². The Morgan fingerprint density at radius 2 is 1.03 bits per heavy atom. The van der Waals surface area contributed by atoms with E-state index in [1.54, 1.807) is 50.2 Å². The topological polar surface area (TPSA) is 116 Å². The minimum atomic E-state index is -1.13. The SMILES string of the molecule is CCCCOC(=O)c1ccccc1C(=O)OCC.CCOC(=O)c1ccccc1C(=O)O. The van der Waals surface area contributed by atoms with Crippen LogP contribution in [-0.2, 0) is 14.2 Å². The lowest BCUT2D eigenvalue weighted by atomic mass is 10.1. The normalized spacial score (nSPS) is 9.72. The Hall–Kier alpha value is -3.68. The molecule has 2 aromatic carbocycles. The zero-order chi connectivity index (χ0) is 23.9. The summed E-state index contributed by atoms with van der Waals surface area (Å²) in [5.74, 6) is -2.72. The fourth-order valence-electron chi connectivity index (χ4n) is 2.49. The highest BCUT2D eigenvalue weighted by Crippen LogP contribution is 2.12.